The Labute approximate surface area is 118 Å². The van der Waals surface area contributed by atoms with E-state index in [4.69, 9.17) is 5.73 Å². The fourth-order valence-corrected chi connectivity index (χ4v) is 1.93. The van der Waals surface area contributed by atoms with Crippen LogP contribution in [0.25, 0.3) is 0 Å². The van der Waals surface area contributed by atoms with Gasteiger partial charge in [-0.25, -0.2) is 4.98 Å². The molecule has 106 valence electrons. The van der Waals surface area contributed by atoms with Crippen LogP contribution >= 0.6 is 0 Å². The third-order valence-corrected chi connectivity index (χ3v) is 2.88. The molecule has 0 atom stereocenters. The number of pyridine rings is 1. The quantitative estimate of drug-likeness (QED) is 0.873. The first kappa shape index (κ1) is 14.0. The average molecular weight is 273 g/mol. The first-order valence-electron chi connectivity index (χ1n) is 6.72. The molecule has 0 aromatic carbocycles. The minimum absolute atomic E-state index is 0.202. The molecule has 0 aliphatic heterocycles. The summed E-state index contributed by atoms with van der Waals surface area (Å²) in [5, 5.41) is 6.91. The van der Waals surface area contributed by atoms with E-state index in [1.165, 1.54) is 0 Å². The standard InChI is InChI=1S/C14H19N5O/c1-3-5-11-6-10(7-13(15)17-11)14(20)18-12-8-16-19(4-2)9-12/h6-9H,3-5H2,1-2H3,(H2,15,17)(H,18,20). The number of aryl methyl sites for hydroxylation is 2. The number of aromatic nitrogens is 3. The maximum absolute atomic E-state index is 12.2. The van der Waals surface area contributed by atoms with Crippen LogP contribution in [0.1, 0.15) is 36.3 Å². The van der Waals surface area contributed by atoms with Gasteiger partial charge in [-0.2, -0.15) is 5.10 Å². The zero-order chi connectivity index (χ0) is 14.5. The van der Waals surface area contributed by atoms with Crippen molar-refractivity contribution in [2.45, 2.75) is 33.2 Å². The normalized spacial score (nSPS) is 10.5. The van der Waals surface area contributed by atoms with Gasteiger partial charge in [-0.15, -0.1) is 0 Å². The van der Waals surface area contributed by atoms with Gasteiger partial charge in [0.05, 0.1) is 11.9 Å². The number of anilines is 2. The molecule has 0 saturated heterocycles. The molecule has 20 heavy (non-hydrogen) atoms. The Balaban J connectivity index is 2.15. The minimum Gasteiger partial charge on any atom is -0.384 e. The molecule has 0 aliphatic carbocycles. The lowest BCUT2D eigenvalue weighted by atomic mass is 10.1. The smallest absolute Gasteiger partial charge is 0.255 e. The van der Waals surface area contributed by atoms with E-state index in [1.54, 1.807) is 29.2 Å². The zero-order valence-electron chi connectivity index (χ0n) is 11.8. The number of carbonyl (C=O) groups is 1. The van der Waals surface area contributed by atoms with E-state index in [0.717, 1.165) is 25.1 Å². The summed E-state index contributed by atoms with van der Waals surface area (Å²) in [6, 6.07) is 3.36. The van der Waals surface area contributed by atoms with E-state index in [9.17, 15) is 4.79 Å². The van der Waals surface area contributed by atoms with Crippen molar-refractivity contribution in [2.75, 3.05) is 11.1 Å². The molecule has 2 aromatic heterocycles. The number of amides is 1. The monoisotopic (exact) mass is 273 g/mol. The second-order valence-corrected chi connectivity index (χ2v) is 4.56. The maximum atomic E-state index is 12.2. The molecular weight excluding hydrogens is 254 g/mol. The molecule has 6 nitrogen and oxygen atoms in total. The van der Waals surface area contributed by atoms with Crippen LogP contribution in [0.5, 0.6) is 0 Å². The second kappa shape index (κ2) is 6.18. The Morgan fingerprint density at radius 2 is 2.20 bits per heavy atom. The van der Waals surface area contributed by atoms with Crippen molar-refractivity contribution in [3.8, 4) is 0 Å². The molecule has 2 aromatic rings. The number of hydrogen-bond acceptors (Lipinski definition) is 4. The zero-order valence-corrected chi connectivity index (χ0v) is 11.8. The van der Waals surface area contributed by atoms with E-state index in [1.807, 2.05) is 6.92 Å². The van der Waals surface area contributed by atoms with Gasteiger partial charge in [0.2, 0.25) is 0 Å². The second-order valence-electron chi connectivity index (χ2n) is 4.56. The lowest BCUT2D eigenvalue weighted by Crippen LogP contribution is -2.13. The van der Waals surface area contributed by atoms with Crippen LogP contribution in [0, 0.1) is 0 Å². The lowest BCUT2D eigenvalue weighted by Gasteiger charge is -2.06. The van der Waals surface area contributed by atoms with E-state index in [-0.39, 0.29) is 5.91 Å². The SMILES string of the molecule is CCCc1cc(C(=O)Nc2cnn(CC)c2)cc(N)n1. The van der Waals surface area contributed by atoms with Crippen LogP contribution in [0.15, 0.2) is 24.5 Å². The number of carbonyl (C=O) groups excluding carboxylic acids is 1. The highest BCUT2D eigenvalue weighted by atomic mass is 16.1. The topological polar surface area (TPSA) is 85.8 Å². The molecule has 0 spiro atoms. The van der Waals surface area contributed by atoms with E-state index >= 15 is 0 Å². The first-order chi connectivity index (χ1) is 9.62. The average Bonchev–Trinajstić information content (AvgIpc) is 2.86. The summed E-state index contributed by atoms with van der Waals surface area (Å²) in [6.45, 7) is 4.81. The van der Waals surface area contributed by atoms with Gasteiger partial charge in [-0.1, -0.05) is 13.3 Å². The summed E-state index contributed by atoms with van der Waals surface area (Å²) in [7, 11) is 0. The molecule has 0 unspecified atom stereocenters. The molecule has 0 fully saturated rings. The van der Waals surface area contributed by atoms with Gasteiger partial charge < -0.3 is 11.1 Å². The van der Waals surface area contributed by atoms with Crippen molar-refractivity contribution in [3.05, 3.63) is 35.8 Å². The lowest BCUT2D eigenvalue weighted by molar-refractivity contribution is 0.102. The third-order valence-electron chi connectivity index (χ3n) is 2.88. The number of hydrogen-bond donors (Lipinski definition) is 2. The van der Waals surface area contributed by atoms with Crippen LogP contribution in [0.2, 0.25) is 0 Å². The summed E-state index contributed by atoms with van der Waals surface area (Å²) in [4.78, 5) is 16.4. The molecule has 2 heterocycles. The Hall–Kier alpha value is -2.37. The number of nitrogen functional groups attached to an aromatic ring is 1. The summed E-state index contributed by atoms with van der Waals surface area (Å²) >= 11 is 0. The molecule has 2 rings (SSSR count). The van der Waals surface area contributed by atoms with Crippen molar-refractivity contribution in [3.63, 3.8) is 0 Å². The first-order valence-corrected chi connectivity index (χ1v) is 6.72. The van der Waals surface area contributed by atoms with Gasteiger partial charge in [0.15, 0.2) is 0 Å². The van der Waals surface area contributed by atoms with Crippen molar-refractivity contribution in [2.24, 2.45) is 0 Å². The van der Waals surface area contributed by atoms with Crippen LogP contribution in [-0.2, 0) is 13.0 Å². The van der Waals surface area contributed by atoms with Gasteiger partial charge >= 0.3 is 0 Å². The molecule has 0 radical (unpaired) electrons. The van der Waals surface area contributed by atoms with Gasteiger partial charge in [0.1, 0.15) is 5.82 Å². The molecule has 6 heteroatoms. The Kier molecular flexibility index (Phi) is 4.34. The molecule has 1 amide bonds. The van der Waals surface area contributed by atoms with Gasteiger partial charge in [-0.3, -0.25) is 9.48 Å². The summed E-state index contributed by atoms with van der Waals surface area (Å²) in [5.41, 5.74) is 7.76. The molecule has 3 N–H and O–H groups in total. The van der Waals surface area contributed by atoms with E-state index < -0.39 is 0 Å². The Morgan fingerprint density at radius 1 is 1.40 bits per heavy atom. The number of nitrogens with one attached hydrogen (secondary N) is 1. The summed E-state index contributed by atoms with van der Waals surface area (Å²) in [6.07, 6.45) is 5.17. The number of rotatable bonds is 5. The van der Waals surface area contributed by atoms with E-state index in [2.05, 4.69) is 22.3 Å². The number of nitrogens with two attached hydrogens (primary N) is 1. The maximum Gasteiger partial charge on any atom is 0.255 e. The third kappa shape index (κ3) is 3.34. The van der Waals surface area contributed by atoms with Crippen molar-refractivity contribution >= 4 is 17.4 Å². The van der Waals surface area contributed by atoms with Gasteiger partial charge in [0, 0.05) is 24.0 Å². The molecule has 0 aliphatic rings. The number of nitrogens with zero attached hydrogens (tertiary/aromatic N) is 3. The highest BCUT2D eigenvalue weighted by Gasteiger charge is 2.10. The Morgan fingerprint density at radius 3 is 2.85 bits per heavy atom. The molecule has 0 bridgehead atoms. The van der Waals surface area contributed by atoms with Crippen LogP contribution in [0.4, 0.5) is 11.5 Å². The van der Waals surface area contributed by atoms with Crippen molar-refractivity contribution < 1.29 is 4.79 Å². The van der Waals surface area contributed by atoms with Gasteiger partial charge in [0.25, 0.3) is 5.91 Å². The van der Waals surface area contributed by atoms with Crippen molar-refractivity contribution in [1.29, 1.82) is 0 Å². The summed E-state index contributed by atoms with van der Waals surface area (Å²) in [5.74, 6) is 0.164. The molecule has 0 saturated carbocycles. The minimum atomic E-state index is -0.202. The van der Waals surface area contributed by atoms with Crippen LogP contribution < -0.4 is 11.1 Å². The predicted octanol–water partition coefficient (Wildman–Crippen LogP) is 2.08. The van der Waals surface area contributed by atoms with Gasteiger partial charge in [-0.05, 0) is 25.5 Å². The fourth-order valence-electron chi connectivity index (χ4n) is 1.93. The largest absolute Gasteiger partial charge is 0.384 e. The highest BCUT2D eigenvalue weighted by molar-refractivity contribution is 6.04. The summed E-state index contributed by atoms with van der Waals surface area (Å²) < 4.78 is 1.75. The predicted molar refractivity (Wildman–Crippen MR) is 78.5 cm³/mol. The van der Waals surface area contributed by atoms with Crippen LogP contribution in [0.3, 0.4) is 0 Å². The Bertz CT molecular complexity index is 605. The molecular formula is C14H19N5O. The van der Waals surface area contributed by atoms with Crippen molar-refractivity contribution in [1.82, 2.24) is 14.8 Å². The fraction of sp³-hybridized carbons (Fsp3) is 0.357. The highest BCUT2D eigenvalue weighted by Crippen LogP contribution is 2.13. The van der Waals surface area contributed by atoms with Crippen LogP contribution in [-0.4, -0.2) is 20.7 Å². The van der Waals surface area contributed by atoms with E-state index in [0.29, 0.717) is 17.1 Å².